The number of aryl methyl sites for hydroxylation is 1. The average Bonchev–Trinajstić information content (AvgIpc) is 2.74. The van der Waals surface area contributed by atoms with Gasteiger partial charge in [-0.05, 0) is 44.0 Å². The number of nitrogens with zero attached hydrogens (tertiary/aromatic N) is 1. The Morgan fingerprint density at radius 1 is 1.35 bits per heavy atom. The summed E-state index contributed by atoms with van der Waals surface area (Å²) in [6.07, 6.45) is 2.55. The van der Waals surface area contributed by atoms with Crippen molar-refractivity contribution in [1.82, 2.24) is 0 Å². The minimum atomic E-state index is 0.142. The quantitative estimate of drug-likeness (QED) is 0.912. The van der Waals surface area contributed by atoms with Crippen molar-refractivity contribution >= 4 is 17.3 Å². The summed E-state index contributed by atoms with van der Waals surface area (Å²) >= 11 is 6.38. The first-order chi connectivity index (χ1) is 9.47. The first kappa shape index (κ1) is 14.9. The number of furan rings is 1. The minimum absolute atomic E-state index is 0.142. The van der Waals surface area contributed by atoms with Crippen LogP contribution in [0.4, 0.5) is 5.69 Å². The smallest absolute Gasteiger partial charge is 0.105 e. The lowest BCUT2D eigenvalue weighted by atomic mass is 10.1. The Kier molecular flexibility index (Phi) is 4.73. The van der Waals surface area contributed by atoms with Crippen molar-refractivity contribution in [3.05, 3.63) is 52.4 Å². The van der Waals surface area contributed by atoms with Gasteiger partial charge in [0.2, 0.25) is 0 Å². The monoisotopic (exact) mass is 292 g/mol. The van der Waals surface area contributed by atoms with E-state index in [1.807, 2.05) is 33.0 Å². The lowest BCUT2D eigenvalue weighted by molar-refractivity contribution is 0.529. The maximum absolute atomic E-state index is 6.38. The molecule has 20 heavy (non-hydrogen) atoms. The zero-order chi connectivity index (χ0) is 14.7. The van der Waals surface area contributed by atoms with Gasteiger partial charge >= 0.3 is 0 Å². The molecule has 0 aliphatic rings. The number of hydrogen-bond donors (Lipinski definition) is 1. The predicted octanol–water partition coefficient (Wildman–Crippen LogP) is 3.77. The van der Waals surface area contributed by atoms with Crippen LogP contribution in [0.25, 0.3) is 0 Å². The summed E-state index contributed by atoms with van der Waals surface area (Å²) in [7, 11) is 2.03. The van der Waals surface area contributed by atoms with Crippen molar-refractivity contribution in [2.24, 2.45) is 5.73 Å². The molecule has 0 fully saturated rings. The molecule has 1 heterocycles. The van der Waals surface area contributed by atoms with Crippen molar-refractivity contribution in [2.75, 3.05) is 11.9 Å². The third-order valence-electron chi connectivity index (χ3n) is 3.35. The van der Waals surface area contributed by atoms with Crippen LogP contribution in [-0.4, -0.2) is 13.1 Å². The molecule has 1 atom stereocenters. The van der Waals surface area contributed by atoms with E-state index in [-0.39, 0.29) is 6.04 Å². The normalized spacial score (nSPS) is 12.4. The van der Waals surface area contributed by atoms with Gasteiger partial charge < -0.3 is 15.1 Å². The van der Waals surface area contributed by atoms with Crippen LogP contribution in [0, 0.1) is 6.92 Å². The molecular weight excluding hydrogens is 272 g/mol. The summed E-state index contributed by atoms with van der Waals surface area (Å²) in [6.45, 7) is 4.74. The fourth-order valence-electron chi connectivity index (χ4n) is 2.27. The number of nitrogens with two attached hydrogens (primary N) is 1. The van der Waals surface area contributed by atoms with E-state index in [0.717, 1.165) is 29.4 Å². The second-order valence-corrected chi connectivity index (χ2v) is 5.73. The number of hydrogen-bond acceptors (Lipinski definition) is 3. The predicted molar refractivity (Wildman–Crippen MR) is 84.4 cm³/mol. The van der Waals surface area contributed by atoms with Crippen LogP contribution in [0.5, 0.6) is 0 Å². The van der Waals surface area contributed by atoms with E-state index in [1.165, 1.54) is 11.1 Å². The molecule has 2 rings (SSSR count). The molecule has 0 amide bonds. The SMILES string of the molecule is Cc1occc1CN(C)c1ccc(CC(C)N)cc1Cl. The molecule has 0 saturated heterocycles. The lowest BCUT2D eigenvalue weighted by Gasteiger charge is -2.21. The van der Waals surface area contributed by atoms with Gasteiger partial charge in [-0.2, -0.15) is 0 Å². The van der Waals surface area contributed by atoms with Crippen molar-refractivity contribution in [1.29, 1.82) is 0 Å². The molecule has 2 N–H and O–H groups in total. The Balaban J connectivity index is 2.14. The molecule has 0 aliphatic carbocycles. The second kappa shape index (κ2) is 6.33. The number of halogens is 1. The van der Waals surface area contributed by atoms with Crippen LogP contribution in [-0.2, 0) is 13.0 Å². The molecule has 4 heteroatoms. The van der Waals surface area contributed by atoms with E-state index in [0.29, 0.717) is 0 Å². The maximum Gasteiger partial charge on any atom is 0.105 e. The van der Waals surface area contributed by atoms with Gasteiger partial charge in [0.1, 0.15) is 5.76 Å². The van der Waals surface area contributed by atoms with Gasteiger partial charge in [0, 0.05) is 25.2 Å². The van der Waals surface area contributed by atoms with E-state index in [4.69, 9.17) is 21.8 Å². The first-order valence-corrected chi connectivity index (χ1v) is 7.13. The summed E-state index contributed by atoms with van der Waals surface area (Å²) in [5, 5.41) is 0.756. The fraction of sp³-hybridized carbons (Fsp3) is 0.375. The highest BCUT2D eigenvalue weighted by atomic mass is 35.5. The Labute approximate surface area is 125 Å². The zero-order valence-corrected chi connectivity index (χ0v) is 12.9. The van der Waals surface area contributed by atoms with Gasteiger partial charge in [-0.25, -0.2) is 0 Å². The number of benzene rings is 1. The van der Waals surface area contributed by atoms with Crippen molar-refractivity contribution in [2.45, 2.75) is 32.9 Å². The largest absolute Gasteiger partial charge is 0.469 e. The molecule has 0 aliphatic heterocycles. The average molecular weight is 293 g/mol. The molecule has 2 aromatic rings. The van der Waals surface area contributed by atoms with Gasteiger partial charge in [-0.1, -0.05) is 17.7 Å². The van der Waals surface area contributed by atoms with Gasteiger partial charge in [-0.3, -0.25) is 0 Å². The van der Waals surface area contributed by atoms with Crippen molar-refractivity contribution in [3.63, 3.8) is 0 Å². The summed E-state index contributed by atoms with van der Waals surface area (Å²) in [5.74, 6) is 0.946. The highest BCUT2D eigenvalue weighted by Crippen LogP contribution is 2.28. The van der Waals surface area contributed by atoms with Crippen LogP contribution in [0.15, 0.2) is 34.9 Å². The van der Waals surface area contributed by atoms with Crippen LogP contribution in [0.2, 0.25) is 5.02 Å². The zero-order valence-electron chi connectivity index (χ0n) is 12.2. The molecular formula is C16H21ClN2O. The van der Waals surface area contributed by atoms with Gasteiger partial charge in [-0.15, -0.1) is 0 Å². The molecule has 1 unspecified atom stereocenters. The van der Waals surface area contributed by atoms with E-state index >= 15 is 0 Å². The van der Waals surface area contributed by atoms with Crippen LogP contribution in [0.3, 0.4) is 0 Å². The van der Waals surface area contributed by atoms with Crippen molar-refractivity contribution < 1.29 is 4.42 Å². The van der Waals surface area contributed by atoms with E-state index in [1.54, 1.807) is 6.26 Å². The standard InChI is InChI=1S/C16H21ClN2O/c1-11(18)8-13-4-5-16(15(17)9-13)19(3)10-14-6-7-20-12(14)2/h4-7,9,11H,8,10,18H2,1-3H3. The molecule has 1 aromatic carbocycles. The third-order valence-corrected chi connectivity index (χ3v) is 3.66. The summed E-state index contributed by atoms with van der Waals surface area (Å²) in [6, 6.07) is 8.27. The molecule has 1 aromatic heterocycles. The van der Waals surface area contributed by atoms with Gasteiger partial charge in [0.15, 0.2) is 0 Å². The summed E-state index contributed by atoms with van der Waals surface area (Å²) in [4.78, 5) is 2.12. The maximum atomic E-state index is 6.38. The van der Waals surface area contributed by atoms with Gasteiger partial charge in [0.05, 0.1) is 17.0 Å². The Morgan fingerprint density at radius 3 is 2.65 bits per heavy atom. The highest BCUT2D eigenvalue weighted by Gasteiger charge is 2.10. The Morgan fingerprint density at radius 2 is 2.10 bits per heavy atom. The molecule has 3 nitrogen and oxygen atoms in total. The van der Waals surface area contributed by atoms with E-state index < -0.39 is 0 Å². The molecule has 0 bridgehead atoms. The number of rotatable bonds is 5. The number of anilines is 1. The molecule has 0 radical (unpaired) electrons. The fourth-order valence-corrected chi connectivity index (χ4v) is 2.62. The van der Waals surface area contributed by atoms with Crippen LogP contribution >= 0.6 is 11.6 Å². The molecule has 0 saturated carbocycles. The van der Waals surface area contributed by atoms with Crippen molar-refractivity contribution in [3.8, 4) is 0 Å². The topological polar surface area (TPSA) is 42.4 Å². The summed E-state index contributed by atoms with van der Waals surface area (Å²) < 4.78 is 5.32. The summed E-state index contributed by atoms with van der Waals surface area (Å²) in [5.41, 5.74) is 9.17. The van der Waals surface area contributed by atoms with Crippen LogP contribution < -0.4 is 10.6 Å². The lowest BCUT2D eigenvalue weighted by Crippen LogP contribution is -2.19. The third kappa shape index (κ3) is 3.56. The van der Waals surface area contributed by atoms with Gasteiger partial charge in [0.25, 0.3) is 0 Å². The van der Waals surface area contributed by atoms with E-state index in [9.17, 15) is 0 Å². The van der Waals surface area contributed by atoms with Crippen LogP contribution in [0.1, 0.15) is 23.8 Å². The Hall–Kier alpha value is -1.45. The minimum Gasteiger partial charge on any atom is -0.469 e. The Bertz CT molecular complexity index is 578. The second-order valence-electron chi connectivity index (χ2n) is 5.33. The molecule has 108 valence electrons. The highest BCUT2D eigenvalue weighted by molar-refractivity contribution is 6.33. The molecule has 0 spiro atoms. The van der Waals surface area contributed by atoms with E-state index in [2.05, 4.69) is 17.0 Å². The first-order valence-electron chi connectivity index (χ1n) is 6.75.